The van der Waals surface area contributed by atoms with E-state index in [-0.39, 0.29) is 0 Å². The number of carbonyl (C=O) groups is 1. The fourth-order valence-corrected chi connectivity index (χ4v) is 3.59. The van der Waals surface area contributed by atoms with Gasteiger partial charge in [-0.15, -0.1) is 0 Å². The molecule has 1 atom stereocenters. The molecular weight excluding hydrogens is 330 g/mol. The second kappa shape index (κ2) is 5.93. The quantitative estimate of drug-likeness (QED) is 0.783. The van der Waals surface area contributed by atoms with Crippen LogP contribution in [0.1, 0.15) is 39.2 Å². The highest BCUT2D eigenvalue weighted by atomic mass is 32.2. The summed E-state index contributed by atoms with van der Waals surface area (Å²) in [6, 6.07) is 3.66. The molecule has 1 N–H and O–H groups in total. The molecule has 1 unspecified atom stereocenters. The number of amides is 1. The van der Waals surface area contributed by atoms with Crippen LogP contribution in [0.2, 0.25) is 0 Å². The van der Waals surface area contributed by atoms with Crippen LogP contribution in [0.25, 0.3) is 0 Å². The molecule has 1 amide bonds. The first-order chi connectivity index (χ1) is 11.2. The van der Waals surface area contributed by atoms with Gasteiger partial charge in [0, 0.05) is 32.1 Å². The Kier molecular flexibility index (Phi) is 4.21. The summed E-state index contributed by atoms with van der Waals surface area (Å²) in [5.74, 6) is 0.478. The molecule has 1 aromatic rings. The van der Waals surface area contributed by atoms with Gasteiger partial charge in [-0.2, -0.15) is 0 Å². The molecule has 1 saturated heterocycles. The van der Waals surface area contributed by atoms with E-state index in [4.69, 9.17) is 9.84 Å². The molecule has 0 saturated carbocycles. The molecule has 24 heavy (non-hydrogen) atoms. The third-order valence-electron chi connectivity index (χ3n) is 4.29. The smallest absolute Gasteiger partial charge is 0.407 e. The average Bonchev–Trinajstić information content (AvgIpc) is 2.80. The first-order valence-corrected chi connectivity index (χ1v) is 8.97. The first kappa shape index (κ1) is 17.0. The van der Waals surface area contributed by atoms with E-state index in [9.17, 15) is 9.35 Å². The van der Waals surface area contributed by atoms with Crippen molar-refractivity contribution >= 4 is 23.2 Å². The molecule has 0 aromatic carbocycles. The zero-order valence-corrected chi connectivity index (χ0v) is 14.8. The molecule has 1 spiro atoms. The molecule has 2 aliphatic heterocycles. The van der Waals surface area contributed by atoms with Crippen LogP contribution in [-0.2, 0) is 11.4 Å². The molecular formula is C16H21N3O4S. The van der Waals surface area contributed by atoms with Gasteiger partial charge in [0.1, 0.15) is 21.8 Å². The molecule has 1 aromatic heterocycles. The second-order valence-electron chi connectivity index (χ2n) is 7.02. The first-order valence-electron chi connectivity index (χ1n) is 7.86. The number of piperidine rings is 1. The number of fused-ring (bicyclic) bond motifs is 1. The molecule has 130 valence electrons. The number of rotatable bonds is 1. The minimum absolute atomic E-state index is 0.352. The Morgan fingerprint density at radius 1 is 1.46 bits per heavy atom. The van der Waals surface area contributed by atoms with Crippen LogP contribution in [0, 0.1) is 0 Å². The number of aromatic nitrogens is 1. The van der Waals surface area contributed by atoms with Crippen molar-refractivity contribution in [1.29, 1.82) is 0 Å². The predicted octanol–water partition coefficient (Wildman–Crippen LogP) is 2.24. The van der Waals surface area contributed by atoms with E-state index in [2.05, 4.69) is 9.38 Å². The van der Waals surface area contributed by atoms with Crippen LogP contribution >= 0.6 is 0 Å². The standard InChI is InChI=1S/C16H21N3O4S/c1-15(2,3)24(22)18-12-11-5-4-8-17-13(11)23-16(12)6-9-19(10-7-16)14(20)21/h4-5,8H,6-7,9-10H2,1-3H3,(H,20,21). The molecule has 2 aliphatic rings. The lowest BCUT2D eigenvalue weighted by atomic mass is 9.85. The van der Waals surface area contributed by atoms with Crippen LogP contribution in [0.3, 0.4) is 0 Å². The van der Waals surface area contributed by atoms with Crippen LogP contribution < -0.4 is 4.74 Å². The number of nitrogens with zero attached hydrogens (tertiary/aromatic N) is 3. The molecule has 1 fully saturated rings. The van der Waals surface area contributed by atoms with Crippen LogP contribution in [-0.4, -0.2) is 54.8 Å². The van der Waals surface area contributed by atoms with Crippen LogP contribution in [0.4, 0.5) is 4.79 Å². The van der Waals surface area contributed by atoms with Crippen molar-refractivity contribution in [1.82, 2.24) is 9.88 Å². The fraction of sp³-hybridized carbons (Fsp3) is 0.562. The summed E-state index contributed by atoms with van der Waals surface area (Å²) in [4.78, 5) is 16.8. The van der Waals surface area contributed by atoms with Gasteiger partial charge in [-0.25, -0.2) is 9.78 Å². The van der Waals surface area contributed by atoms with Gasteiger partial charge in [-0.3, -0.25) is 0 Å². The van der Waals surface area contributed by atoms with Gasteiger partial charge in [0.15, 0.2) is 5.60 Å². The van der Waals surface area contributed by atoms with Crippen molar-refractivity contribution in [3.8, 4) is 5.88 Å². The van der Waals surface area contributed by atoms with Gasteiger partial charge in [0.25, 0.3) is 0 Å². The SMILES string of the molecule is CC(C)(C)[S+]([O-])N=C1c2cccnc2OC12CCN(C(=O)O)CC2. The highest BCUT2D eigenvalue weighted by Gasteiger charge is 2.51. The zero-order chi connectivity index (χ0) is 17.5. The minimum atomic E-state index is -1.43. The highest BCUT2D eigenvalue weighted by molar-refractivity contribution is 7.91. The summed E-state index contributed by atoms with van der Waals surface area (Å²) in [7, 11) is 0. The average molecular weight is 351 g/mol. The van der Waals surface area contributed by atoms with E-state index in [0.29, 0.717) is 37.5 Å². The van der Waals surface area contributed by atoms with E-state index in [1.54, 1.807) is 12.3 Å². The van der Waals surface area contributed by atoms with E-state index in [1.807, 2.05) is 26.8 Å². The third kappa shape index (κ3) is 2.95. The topological polar surface area (TPSA) is 98.1 Å². The van der Waals surface area contributed by atoms with Crippen molar-refractivity contribution in [2.24, 2.45) is 4.40 Å². The van der Waals surface area contributed by atoms with Gasteiger partial charge in [0.2, 0.25) is 5.88 Å². The van der Waals surface area contributed by atoms with Crippen LogP contribution in [0.5, 0.6) is 5.88 Å². The Morgan fingerprint density at radius 3 is 2.71 bits per heavy atom. The summed E-state index contributed by atoms with van der Waals surface area (Å²) in [6.45, 7) is 6.31. The van der Waals surface area contributed by atoms with Gasteiger partial charge in [0.05, 0.1) is 5.56 Å². The molecule has 3 rings (SSSR count). The Hall–Kier alpha value is -1.80. The summed E-state index contributed by atoms with van der Waals surface area (Å²) in [5.41, 5.74) is 0.631. The van der Waals surface area contributed by atoms with Crippen molar-refractivity contribution in [2.75, 3.05) is 13.1 Å². The summed E-state index contributed by atoms with van der Waals surface area (Å²) >= 11 is -1.43. The number of hydrogen-bond acceptors (Lipinski definition) is 5. The lowest BCUT2D eigenvalue weighted by molar-refractivity contribution is 0.0602. The van der Waals surface area contributed by atoms with Gasteiger partial charge in [-0.1, -0.05) is 4.40 Å². The molecule has 3 heterocycles. The Bertz CT molecular complexity index is 678. The van der Waals surface area contributed by atoms with Crippen molar-refractivity contribution in [2.45, 2.75) is 44.0 Å². The maximum Gasteiger partial charge on any atom is 0.407 e. The normalized spacial score (nSPS) is 22.3. The molecule has 0 aliphatic carbocycles. The van der Waals surface area contributed by atoms with Gasteiger partial charge >= 0.3 is 6.09 Å². The van der Waals surface area contributed by atoms with Crippen LogP contribution in [0.15, 0.2) is 22.7 Å². The lowest BCUT2D eigenvalue weighted by Crippen LogP contribution is -2.52. The number of carboxylic acid groups (broad SMARTS) is 1. The van der Waals surface area contributed by atoms with Gasteiger partial charge < -0.3 is 19.3 Å². The number of ether oxygens (including phenoxy) is 1. The third-order valence-corrected chi connectivity index (χ3v) is 5.69. The fourth-order valence-electron chi connectivity index (χ4n) is 2.88. The predicted molar refractivity (Wildman–Crippen MR) is 90.9 cm³/mol. The molecule has 0 radical (unpaired) electrons. The molecule has 8 heteroatoms. The molecule has 0 bridgehead atoms. The van der Waals surface area contributed by atoms with Crippen molar-refractivity contribution in [3.63, 3.8) is 0 Å². The maximum absolute atomic E-state index is 12.6. The highest BCUT2D eigenvalue weighted by Crippen LogP contribution is 2.41. The van der Waals surface area contributed by atoms with E-state index >= 15 is 0 Å². The summed E-state index contributed by atoms with van der Waals surface area (Å²) in [5, 5.41) is 9.15. The van der Waals surface area contributed by atoms with E-state index in [1.165, 1.54) is 4.90 Å². The summed E-state index contributed by atoms with van der Waals surface area (Å²) < 4.78 is 22.7. The molecule has 7 nitrogen and oxygen atoms in total. The number of likely N-dealkylation sites (tertiary alicyclic amines) is 1. The zero-order valence-electron chi connectivity index (χ0n) is 14.0. The lowest BCUT2D eigenvalue weighted by Gasteiger charge is -2.37. The Labute approximate surface area is 144 Å². The van der Waals surface area contributed by atoms with E-state index in [0.717, 1.165) is 5.56 Å². The largest absolute Gasteiger partial charge is 0.591 e. The second-order valence-corrected chi connectivity index (χ2v) is 8.93. The summed E-state index contributed by atoms with van der Waals surface area (Å²) in [6.07, 6.45) is 1.64. The Balaban J connectivity index is 1.98. The van der Waals surface area contributed by atoms with Crippen molar-refractivity contribution in [3.05, 3.63) is 23.9 Å². The van der Waals surface area contributed by atoms with Crippen molar-refractivity contribution < 1.29 is 19.2 Å². The number of hydrogen-bond donors (Lipinski definition) is 1. The maximum atomic E-state index is 12.6. The minimum Gasteiger partial charge on any atom is -0.591 e. The monoisotopic (exact) mass is 351 g/mol. The van der Waals surface area contributed by atoms with E-state index < -0.39 is 27.8 Å². The number of pyridine rings is 1. The Morgan fingerprint density at radius 2 is 2.12 bits per heavy atom. The van der Waals surface area contributed by atoms with Gasteiger partial charge in [-0.05, 0) is 32.9 Å².